The van der Waals surface area contributed by atoms with Crippen LogP contribution in [0.5, 0.6) is 0 Å². The van der Waals surface area contributed by atoms with Gasteiger partial charge in [-0.1, -0.05) is 0 Å². The summed E-state index contributed by atoms with van der Waals surface area (Å²) in [4.78, 5) is 38.9. The second-order valence-corrected chi connectivity index (χ2v) is 6.21. The van der Waals surface area contributed by atoms with Crippen molar-refractivity contribution >= 4 is 17.9 Å². The molecule has 0 spiro atoms. The summed E-state index contributed by atoms with van der Waals surface area (Å²) in [5.74, 6) is -0.523. The fourth-order valence-corrected chi connectivity index (χ4v) is 2.53. The van der Waals surface area contributed by atoms with Gasteiger partial charge in [0.25, 0.3) is 0 Å². The molecule has 1 fully saturated rings. The number of hydrogen-bond acceptors (Lipinski definition) is 5. The van der Waals surface area contributed by atoms with E-state index in [9.17, 15) is 14.4 Å². The Bertz CT molecular complexity index is 420. The van der Waals surface area contributed by atoms with Crippen LogP contribution in [0, 0.1) is 0 Å². The Kier molecular flexibility index (Phi) is 9.14. The quantitative estimate of drug-likeness (QED) is 0.485. The molecule has 1 heterocycles. The van der Waals surface area contributed by atoms with Crippen LogP contribution in [0.15, 0.2) is 0 Å². The molecule has 0 aliphatic carbocycles. The number of nitrogens with one attached hydrogen (secondary N) is 2. The van der Waals surface area contributed by atoms with Crippen LogP contribution < -0.4 is 10.6 Å². The van der Waals surface area contributed by atoms with Gasteiger partial charge in [0, 0.05) is 25.7 Å². The Morgan fingerprint density at radius 1 is 1.17 bits per heavy atom. The van der Waals surface area contributed by atoms with Crippen LogP contribution >= 0.6 is 0 Å². The highest BCUT2D eigenvalue weighted by Gasteiger charge is 2.24. The minimum Gasteiger partial charge on any atom is -0.450 e. The van der Waals surface area contributed by atoms with E-state index in [0.29, 0.717) is 39.1 Å². The fraction of sp³-hybridized carbons (Fsp3) is 0.812. The topological polar surface area (TPSA) is 91.0 Å². The molecule has 0 saturated carbocycles. The van der Waals surface area contributed by atoms with Gasteiger partial charge in [0.1, 0.15) is 6.42 Å². The van der Waals surface area contributed by atoms with Crippen LogP contribution in [-0.4, -0.2) is 80.6 Å². The van der Waals surface area contributed by atoms with Gasteiger partial charge >= 0.3 is 6.09 Å². The Labute approximate surface area is 143 Å². The summed E-state index contributed by atoms with van der Waals surface area (Å²) in [6, 6.07) is 0.00437. The third kappa shape index (κ3) is 8.14. The summed E-state index contributed by atoms with van der Waals surface area (Å²) in [7, 11) is 3.95. The zero-order valence-corrected chi connectivity index (χ0v) is 15.0. The van der Waals surface area contributed by atoms with Crippen molar-refractivity contribution in [3.63, 3.8) is 0 Å². The Hall–Kier alpha value is -1.83. The molecule has 24 heavy (non-hydrogen) atoms. The first-order valence-corrected chi connectivity index (χ1v) is 8.54. The van der Waals surface area contributed by atoms with Crippen molar-refractivity contribution in [1.82, 2.24) is 20.4 Å². The molecule has 0 unspecified atom stereocenters. The van der Waals surface area contributed by atoms with Crippen molar-refractivity contribution in [2.75, 3.05) is 46.9 Å². The Morgan fingerprint density at radius 2 is 1.83 bits per heavy atom. The van der Waals surface area contributed by atoms with Crippen LogP contribution in [-0.2, 0) is 14.3 Å². The first kappa shape index (κ1) is 20.2. The molecule has 2 N–H and O–H groups in total. The molecule has 0 aromatic rings. The average molecular weight is 342 g/mol. The van der Waals surface area contributed by atoms with Gasteiger partial charge in [-0.25, -0.2) is 4.79 Å². The first-order chi connectivity index (χ1) is 11.4. The van der Waals surface area contributed by atoms with E-state index >= 15 is 0 Å². The van der Waals surface area contributed by atoms with Crippen LogP contribution in [0.3, 0.4) is 0 Å². The van der Waals surface area contributed by atoms with Crippen molar-refractivity contribution < 1.29 is 19.1 Å². The third-order valence-corrected chi connectivity index (χ3v) is 3.81. The lowest BCUT2D eigenvalue weighted by atomic mass is 10.1. The van der Waals surface area contributed by atoms with Crippen LogP contribution in [0.1, 0.15) is 32.6 Å². The standard InChI is InChI=1S/C16H30N4O4/c1-4-24-16(23)20-10-6-13(7-11-20)18-15(22)12-14(21)17-8-5-9-19(2)3/h13H,4-12H2,1-3H3,(H,17,21)(H,18,22). The molecule has 1 aliphatic heterocycles. The molecule has 0 aromatic heterocycles. The van der Waals surface area contributed by atoms with Crippen molar-refractivity contribution in [2.24, 2.45) is 0 Å². The third-order valence-electron chi connectivity index (χ3n) is 3.81. The predicted molar refractivity (Wildman–Crippen MR) is 90.6 cm³/mol. The Morgan fingerprint density at radius 3 is 2.42 bits per heavy atom. The maximum atomic E-state index is 11.9. The van der Waals surface area contributed by atoms with E-state index in [1.807, 2.05) is 19.0 Å². The molecule has 8 nitrogen and oxygen atoms in total. The second-order valence-electron chi connectivity index (χ2n) is 6.21. The molecule has 1 rings (SSSR count). The first-order valence-electron chi connectivity index (χ1n) is 8.54. The number of likely N-dealkylation sites (tertiary alicyclic amines) is 1. The highest BCUT2D eigenvalue weighted by atomic mass is 16.6. The number of hydrogen-bond donors (Lipinski definition) is 2. The highest BCUT2D eigenvalue weighted by molar-refractivity contribution is 5.96. The van der Waals surface area contributed by atoms with Gasteiger partial charge in [0.05, 0.1) is 6.61 Å². The zero-order chi connectivity index (χ0) is 17.9. The number of rotatable bonds is 8. The summed E-state index contributed by atoms with van der Waals surface area (Å²) in [5.41, 5.74) is 0. The van der Waals surface area contributed by atoms with Gasteiger partial charge < -0.3 is 25.2 Å². The minimum atomic E-state index is -0.306. The summed E-state index contributed by atoms with van der Waals surface area (Å²) < 4.78 is 4.96. The molecular formula is C16H30N4O4. The van der Waals surface area contributed by atoms with E-state index in [0.717, 1.165) is 13.0 Å². The van der Waals surface area contributed by atoms with Gasteiger partial charge in [0.2, 0.25) is 11.8 Å². The number of nitrogens with zero attached hydrogens (tertiary/aromatic N) is 2. The summed E-state index contributed by atoms with van der Waals surface area (Å²) >= 11 is 0. The molecule has 138 valence electrons. The lowest BCUT2D eigenvalue weighted by Gasteiger charge is -2.31. The molecule has 0 atom stereocenters. The summed E-state index contributed by atoms with van der Waals surface area (Å²) in [6.07, 6.45) is 1.75. The van der Waals surface area contributed by atoms with Gasteiger partial charge in [-0.2, -0.15) is 0 Å². The van der Waals surface area contributed by atoms with E-state index in [2.05, 4.69) is 10.6 Å². The van der Waals surface area contributed by atoms with E-state index < -0.39 is 0 Å². The maximum Gasteiger partial charge on any atom is 0.409 e. The van der Waals surface area contributed by atoms with Gasteiger partial charge in [-0.15, -0.1) is 0 Å². The lowest BCUT2D eigenvalue weighted by molar-refractivity contribution is -0.129. The molecule has 1 saturated heterocycles. The van der Waals surface area contributed by atoms with Crippen molar-refractivity contribution in [1.29, 1.82) is 0 Å². The van der Waals surface area contributed by atoms with E-state index in [4.69, 9.17) is 4.74 Å². The van der Waals surface area contributed by atoms with E-state index in [1.165, 1.54) is 0 Å². The molecule has 0 bridgehead atoms. The van der Waals surface area contributed by atoms with Gasteiger partial charge in [0.15, 0.2) is 0 Å². The summed E-state index contributed by atoms with van der Waals surface area (Å²) in [5, 5.41) is 5.61. The van der Waals surface area contributed by atoms with Crippen LogP contribution in [0.2, 0.25) is 0 Å². The van der Waals surface area contributed by atoms with E-state index in [1.54, 1.807) is 11.8 Å². The highest BCUT2D eigenvalue weighted by Crippen LogP contribution is 2.11. The van der Waals surface area contributed by atoms with Crippen molar-refractivity contribution in [3.05, 3.63) is 0 Å². The van der Waals surface area contributed by atoms with Crippen LogP contribution in [0.4, 0.5) is 4.79 Å². The average Bonchev–Trinajstić information content (AvgIpc) is 2.52. The smallest absolute Gasteiger partial charge is 0.409 e. The number of carbonyl (C=O) groups is 3. The predicted octanol–water partition coefficient (Wildman–Crippen LogP) is 0.182. The zero-order valence-electron chi connectivity index (χ0n) is 15.0. The lowest BCUT2D eigenvalue weighted by Crippen LogP contribution is -2.47. The largest absolute Gasteiger partial charge is 0.450 e. The molecule has 0 radical (unpaired) electrons. The van der Waals surface area contributed by atoms with Gasteiger partial charge in [-0.05, 0) is 46.8 Å². The number of ether oxygens (including phenoxy) is 1. The normalized spacial score (nSPS) is 15.2. The molecular weight excluding hydrogens is 312 g/mol. The van der Waals surface area contributed by atoms with Gasteiger partial charge in [-0.3, -0.25) is 9.59 Å². The minimum absolute atomic E-state index is 0.00437. The Balaban J connectivity index is 2.17. The van der Waals surface area contributed by atoms with Crippen molar-refractivity contribution in [2.45, 2.75) is 38.6 Å². The molecule has 1 aliphatic rings. The number of amides is 3. The second kappa shape index (κ2) is 10.9. The number of carbonyl (C=O) groups excluding carboxylic acids is 3. The number of piperidine rings is 1. The maximum absolute atomic E-state index is 11.9. The fourth-order valence-electron chi connectivity index (χ4n) is 2.53. The molecule has 0 aromatic carbocycles. The SMILES string of the molecule is CCOC(=O)N1CCC(NC(=O)CC(=O)NCCCN(C)C)CC1. The summed E-state index contributed by atoms with van der Waals surface area (Å²) in [6.45, 7) is 4.71. The van der Waals surface area contributed by atoms with Crippen LogP contribution in [0.25, 0.3) is 0 Å². The monoisotopic (exact) mass is 342 g/mol. The van der Waals surface area contributed by atoms with E-state index in [-0.39, 0.29) is 30.4 Å². The van der Waals surface area contributed by atoms with Crippen molar-refractivity contribution in [3.8, 4) is 0 Å². The molecule has 3 amide bonds. The molecule has 8 heteroatoms.